The molecule has 0 aliphatic carbocycles. The lowest BCUT2D eigenvalue weighted by molar-refractivity contribution is 0.140. The minimum absolute atomic E-state index is 0.369. The first-order chi connectivity index (χ1) is 6.94. The molecule has 2 atom stereocenters. The highest BCUT2D eigenvalue weighted by atomic mass is 32.2. The van der Waals surface area contributed by atoms with E-state index in [0.29, 0.717) is 11.5 Å². The molecular formula is C12H26N2S. The Morgan fingerprint density at radius 2 is 2.13 bits per heavy atom. The van der Waals surface area contributed by atoms with Gasteiger partial charge in [0.25, 0.3) is 0 Å². The smallest absolute Gasteiger partial charge is 0.0251 e. The van der Waals surface area contributed by atoms with Crippen molar-refractivity contribution in [2.75, 3.05) is 31.6 Å². The number of nitrogens with zero attached hydrogens (tertiary/aromatic N) is 1. The van der Waals surface area contributed by atoms with Gasteiger partial charge in [-0.2, -0.15) is 11.8 Å². The summed E-state index contributed by atoms with van der Waals surface area (Å²) < 4.78 is 0. The van der Waals surface area contributed by atoms with Crippen molar-refractivity contribution in [2.24, 2.45) is 17.1 Å². The van der Waals surface area contributed by atoms with Crippen molar-refractivity contribution in [1.82, 2.24) is 4.90 Å². The van der Waals surface area contributed by atoms with Gasteiger partial charge in [-0.1, -0.05) is 20.8 Å². The summed E-state index contributed by atoms with van der Waals surface area (Å²) in [6, 6.07) is 0.583. The lowest BCUT2D eigenvalue weighted by atomic mass is 9.92. The second-order valence-corrected chi connectivity index (χ2v) is 7.05. The molecule has 1 rings (SSSR count). The van der Waals surface area contributed by atoms with E-state index < -0.39 is 0 Å². The molecule has 0 aromatic heterocycles. The summed E-state index contributed by atoms with van der Waals surface area (Å²) in [5.41, 5.74) is 6.29. The lowest BCUT2D eigenvalue weighted by Gasteiger charge is -2.35. The summed E-state index contributed by atoms with van der Waals surface area (Å²) >= 11 is 2.08. The van der Waals surface area contributed by atoms with Crippen molar-refractivity contribution in [3.05, 3.63) is 0 Å². The van der Waals surface area contributed by atoms with Crippen LogP contribution in [-0.4, -0.2) is 42.6 Å². The summed E-state index contributed by atoms with van der Waals surface area (Å²) in [7, 11) is 2.23. The Labute approximate surface area is 99.0 Å². The van der Waals surface area contributed by atoms with Crippen LogP contribution in [0.25, 0.3) is 0 Å². The summed E-state index contributed by atoms with van der Waals surface area (Å²) in [5, 5.41) is 0. The van der Waals surface area contributed by atoms with Crippen LogP contribution >= 0.6 is 11.8 Å². The molecule has 1 saturated heterocycles. The highest BCUT2D eigenvalue weighted by Crippen LogP contribution is 2.29. The Balaban J connectivity index is 2.49. The van der Waals surface area contributed by atoms with Gasteiger partial charge in [-0.05, 0) is 36.3 Å². The molecule has 0 spiro atoms. The largest absolute Gasteiger partial charge is 0.329 e. The molecule has 2 nitrogen and oxygen atoms in total. The van der Waals surface area contributed by atoms with Gasteiger partial charge in [0.05, 0.1) is 0 Å². The molecule has 15 heavy (non-hydrogen) atoms. The summed E-state index contributed by atoms with van der Waals surface area (Å²) in [4.78, 5) is 2.47. The van der Waals surface area contributed by atoms with Gasteiger partial charge >= 0.3 is 0 Å². The molecule has 1 fully saturated rings. The molecule has 0 aromatic carbocycles. The topological polar surface area (TPSA) is 29.3 Å². The first-order valence-corrected chi connectivity index (χ1v) is 7.07. The molecule has 1 heterocycles. The van der Waals surface area contributed by atoms with E-state index >= 15 is 0 Å². The van der Waals surface area contributed by atoms with Crippen LogP contribution in [0.2, 0.25) is 0 Å². The standard InChI is InChI=1S/C12H26N2S/c1-12(2,3)9-14(4)11(7-13)10-5-6-15-8-10/h10-11H,5-9,13H2,1-4H3. The van der Waals surface area contributed by atoms with Crippen molar-refractivity contribution >= 4 is 11.8 Å². The zero-order chi connectivity index (χ0) is 11.5. The number of thioether (sulfide) groups is 1. The van der Waals surface area contributed by atoms with Crippen molar-refractivity contribution in [2.45, 2.75) is 33.2 Å². The van der Waals surface area contributed by atoms with Gasteiger partial charge in [0, 0.05) is 19.1 Å². The van der Waals surface area contributed by atoms with E-state index in [1.807, 2.05) is 0 Å². The monoisotopic (exact) mass is 230 g/mol. The van der Waals surface area contributed by atoms with Crippen LogP contribution in [-0.2, 0) is 0 Å². The Morgan fingerprint density at radius 3 is 2.53 bits per heavy atom. The molecule has 2 N–H and O–H groups in total. The highest BCUT2D eigenvalue weighted by molar-refractivity contribution is 7.99. The zero-order valence-corrected chi connectivity index (χ0v) is 11.4. The molecular weight excluding hydrogens is 204 g/mol. The van der Waals surface area contributed by atoms with Gasteiger partial charge < -0.3 is 10.6 Å². The van der Waals surface area contributed by atoms with E-state index in [1.54, 1.807) is 0 Å². The highest BCUT2D eigenvalue weighted by Gasteiger charge is 2.29. The Bertz CT molecular complexity index is 183. The summed E-state index contributed by atoms with van der Waals surface area (Å²) in [5.74, 6) is 3.44. The van der Waals surface area contributed by atoms with Crippen molar-refractivity contribution < 1.29 is 0 Å². The maximum Gasteiger partial charge on any atom is 0.0251 e. The first-order valence-electron chi connectivity index (χ1n) is 5.92. The molecule has 3 heteroatoms. The van der Waals surface area contributed by atoms with E-state index in [2.05, 4.69) is 44.5 Å². The van der Waals surface area contributed by atoms with Crippen LogP contribution in [0.1, 0.15) is 27.2 Å². The molecule has 90 valence electrons. The molecule has 0 radical (unpaired) electrons. The molecule has 0 bridgehead atoms. The fourth-order valence-corrected chi connectivity index (χ4v) is 3.78. The van der Waals surface area contributed by atoms with Crippen LogP contribution in [0, 0.1) is 11.3 Å². The van der Waals surface area contributed by atoms with Gasteiger partial charge in [-0.3, -0.25) is 0 Å². The van der Waals surface area contributed by atoms with Crippen molar-refractivity contribution in [3.63, 3.8) is 0 Å². The van der Waals surface area contributed by atoms with Gasteiger partial charge in [0.1, 0.15) is 0 Å². The molecule has 0 saturated carbocycles. The van der Waals surface area contributed by atoms with Gasteiger partial charge in [-0.15, -0.1) is 0 Å². The second-order valence-electron chi connectivity index (χ2n) is 5.90. The minimum Gasteiger partial charge on any atom is -0.329 e. The fraction of sp³-hybridized carbons (Fsp3) is 1.00. The predicted molar refractivity (Wildman–Crippen MR) is 70.4 cm³/mol. The zero-order valence-electron chi connectivity index (χ0n) is 10.6. The van der Waals surface area contributed by atoms with Gasteiger partial charge in [0.15, 0.2) is 0 Å². The molecule has 2 unspecified atom stereocenters. The third kappa shape index (κ3) is 4.33. The maximum atomic E-state index is 5.92. The fourth-order valence-electron chi connectivity index (χ4n) is 2.45. The maximum absolute atomic E-state index is 5.92. The van der Waals surface area contributed by atoms with Gasteiger partial charge in [-0.25, -0.2) is 0 Å². The van der Waals surface area contributed by atoms with Crippen molar-refractivity contribution in [1.29, 1.82) is 0 Å². The van der Waals surface area contributed by atoms with E-state index in [9.17, 15) is 0 Å². The average molecular weight is 230 g/mol. The normalized spacial score (nSPS) is 24.8. The Kier molecular flexibility index (Phi) is 4.94. The van der Waals surface area contributed by atoms with Crippen LogP contribution < -0.4 is 5.73 Å². The molecule has 0 aromatic rings. The number of nitrogens with two attached hydrogens (primary N) is 1. The predicted octanol–water partition coefficient (Wildman–Crippen LogP) is 2.04. The van der Waals surface area contributed by atoms with Crippen LogP contribution in [0.5, 0.6) is 0 Å². The molecule has 1 aliphatic heterocycles. The Morgan fingerprint density at radius 1 is 1.47 bits per heavy atom. The SMILES string of the molecule is CN(CC(C)(C)C)C(CN)C1CCSC1. The third-order valence-electron chi connectivity index (χ3n) is 3.04. The van der Waals surface area contributed by atoms with Crippen molar-refractivity contribution in [3.8, 4) is 0 Å². The van der Waals surface area contributed by atoms with Crippen LogP contribution in [0.3, 0.4) is 0 Å². The second kappa shape index (κ2) is 5.55. The van der Waals surface area contributed by atoms with E-state index in [0.717, 1.165) is 19.0 Å². The number of hydrogen-bond donors (Lipinski definition) is 1. The lowest BCUT2D eigenvalue weighted by Crippen LogP contribution is -2.46. The number of hydrogen-bond acceptors (Lipinski definition) is 3. The Hall–Kier alpha value is 0.270. The molecule has 1 aliphatic rings. The third-order valence-corrected chi connectivity index (χ3v) is 4.23. The minimum atomic E-state index is 0.369. The quantitative estimate of drug-likeness (QED) is 0.801. The summed E-state index contributed by atoms with van der Waals surface area (Å²) in [6.07, 6.45) is 1.35. The number of rotatable bonds is 4. The number of likely N-dealkylation sites (N-methyl/N-ethyl adjacent to an activating group) is 1. The van der Waals surface area contributed by atoms with Crippen LogP contribution in [0.15, 0.2) is 0 Å². The van der Waals surface area contributed by atoms with E-state index in [-0.39, 0.29) is 0 Å². The van der Waals surface area contributed by atoms with Crippen LogP contribution in [0.4, 0.5) is 0 Å². The van der Waals surface area contributed by atoms with E-state index in [1.165, 1.54) is 17.9 Å². The first kappa shape index (κ1) is 13.3. The summed E-state index contributed by atoms with van der Waals surface area (Å²) in [6.45, 7) is 8.81. The average Bonchev–Trinajstić information content (AvgIpc) is 2.54. The van der Waals surface area contributed by atoms with Gasteiger partial charge in [0.2, 0.25) is 0 Å². The van der Waals surface area contributed by atoms with E-state index in [4.69, 9.17) is 5.73 Å². The molecule has 0 amide bonds.